The summed E-state index contributed by atoms with van der Waals surface area (Å²) in [5, 5.41) is 17.0. The first-order chi connectivity index (χ1) is 11.6. The lowest BCUT2D eigenvalue weighted by Crippen LogP contribution is -2.32. The van der Waals surface area contributed by atoms with E-state index < -0.39 is 0 Å². The molecule has 1 aromatic heterocycles. The van der Waals surface area contributed by atoms with Crippen LogP contribution in [0.5, 0.6) is 0 Å². The smallest absolute Gasteiger partial charge is 0.272 e. The van der Waals surface area contributed by atoms with Crippen LogP contribution in [0.25, 0.3) is 5.69 Å². The quantitative estimate of drug-likeness (QED) is 0.885. The van der Waals surface area contributed by atoms with E-state index >= 15 is 0 Å². The molecule has 5 nitrogen and oxygen atoms in total. The van der Waals surface area contributed by atoms with Crippen molar-refractivity contribution >= 4 is 5.91 Å². The molecular weight excluding hydrogens is 302 g/mol. The van der Waals surface area contributed by atoms with Gasteiger partial charge >= 0.3 is 0 Å². The number of nitrogens with zero attached hydrogens (tertiary/aromatic N) is 2. The minimum absolute atomic E-state index is 0.0850. The van der Waals surface area contributed by atoms with Crippen molar-refractivity contribution in [2.24, 2.45) is 5.41 Å². The highest BCUT2D eigenvalue weighted by Gasteiger charge is 2.42. The fourth-order valence-electron chi connectivity index (χ4n) is 3.44. The molecule has 0 aliphatic heterocycles. The van der Waals surface area contributed by atoms with Crippen LogP contribution in [0.1, 0.15) is 46.6 Å². The number of hydrogen-bond acceptors (Lipinski definition) is 3. The lowest BCUT2D eigenvalue weighted by Gasteiger charge is -2.12. The minimum Gasteiger partial charge on any atom is -0.396 e. The maximum absolute atomic E-state index is 12.6. The Kier molecular flexibility index (Phi) is 3.68. The summed E-state index contributed by atoms with van der Waals surface area (Å²) in [6, 6.07) is 8.23. The van der Waals surface area contributed by atoms with Crippen molar-refractivity contribution < 1.29 is 9.90 Å². The molecule has 0 radical (unpaired) electrons. The average molecular weight is 325 g/mol. The Hall–Kier alpha value is -2.14. The summed E-state index contributed by atoms with van der Waals surface area (Å²) >= 11 is 0. The van der Waals surface area contributed by atoms with Gasteiger partial charge in [-0.15, -0.1) is 0 Å². The predicted molar refractivity (Wildman–Crippen MR) is 91.4 cm³/mol. The lowest BCUT2D eigenvalue weighted by atomic mass is 10.1. The number of aromatic nitrogens is 2. The molecule has 1 amide bonds. The van der Waals surface area contributed by atoms with E-state index in [9.17, 15) is 9.90 Å². The van der Waals surface area contributed by atoms with Crippen molar-refractivity contribution in [3.8, 4) is 5.69 Å². The average Bonchev–Trinajstić information content (AvgIpc) is 3.06. The fraction of sp³-hybridized carbons (Fsp3) is 0.474. The first-order valence-electron chi connectivity index (χ1n) is 8.69. The monoisotopic (exact) mass is 325 g/mol. The van der Waals surface area contributed by atoms with Gasteiger partial charge in [0.25, 0.3) is 5.91 Å². The highest BCUT2D eigenvalue weighted by molar-refractivity contribution is 5.94. The van der Waals surface area contributed by atoms with Crippen molar-refractivity contribution in [1.82, 2.24) is 15.1 Å². The van der Waals surface area contributed by atoms with E-state index in [1.165, 1.54) is 5.56 Å². The molecule has 2 N–H and O–H groups in total. The molecule has 0 atom stereocenters. The van der Waals surface area contributed by atoms with E-state index in [4.69, 9.17) is 0 Å². The Balaban J connectivity index is 1.61. The molecule has 5 heteroatoms. The van der Waals surface area contributed by atoms with Crippen LogP contribution in [0, 0.1) is 12.3 Å². The molecule has 2 aliphatic rings. The van der Waals surface area contributed by atoms with Crippen LogP contribution in [0.2, 0.25) is 0 Å². The molecular formula is C19H23N3O2. The largest absolute Gasteiger partial charge is 0.396 e. The maximum Gasteiger partial charge on any atom is 0.272 e. The van der Waals surface area contributed by atoms with Gasteiger partial charge in [-0.2, -0.15) is 5.10 Å². The number of aliphatic hydroxyl groups excluding tert-OH is 1. The highest BCUT2D eigenvalue weighted by atomic mass is 16.3. The number of fused-ring (bicyclic) bond motifs is 1. The number of aryl methyl sites for hydroxylation is 1. The molecule has 0 spiro atoms. The van der Waals surface area contributed by atoms with Crippen LogP contribution in [0.15, 0.2) is 24.3 Å². The zero-order valence-electron chi connectivity index (χ0n) is 14.0. The molecule has 0 saturated heterocycles. The van der Waals surface area contributed by atoms with Gasteiger partial charge in [-0.3, -0.25) is 4.79 Å². The lowest BCUT2D eigenvalue weighted by molar-refractivity contribution is 0.0929. The van der Waals surface area contributed by atoms with E-state index in [0.29, 0.717) is 12.2 Å². The summed E-state index contributed by atoms with van der Waals surface area (Å²) in [5.74, 6) is -0.112. The third-order valence-corrected chi connectivity index (χ3v) is 5.34. The standard InChI is InChI=1S/C19H23N3O2/c1-13-5-7-14(8-6-13)22-16-4-2-3-15(16)17(21-22)18(24)20-11-19(12-23)9-10-19/h5-8,23H,2-4,9-12H2,1H3,(H,20,24). The van der Waals surface area contributed by atoms with Crippen molar-refractivity contribution in [2.45, 2.75) is 39.0 Å². The zero-order valence-corrected chi connectivity index (χ0v) is 14.0. The van der Waals surface area contributed by atoms with Gasteiger partial charge in [-0.25, -0.2) is 4.68 Å². The number of benzene rings is 1. The summed E-state index contributed by atoms with van der Waals surface area (Å²) in [5.41, 5.74) is 4.93. The molecule has 0 unspecified atom stereocenters. The molecule has 2 aliphatic carbocycles. The number of carbonyl (C=O) groups is 1. The molecule has 2 aromatic rings. The van der Waals surface area contributed by atoms with Crippen LogP contribution in [-0.4, -0.2) is 33.9 Å². The Morgan fingerprint density at radius 3 is 2.71 bits per heavy atom. The van der Waals surface area contributed by atoms with Gasteiger partial charge in [0, 0.05) is 23.2 Å². The van der Waals surface area contributed by atoms with E-state index in [1.807, 2.05) is 16.8 Å². The number of rotatable bonds is 5. The highest BCUT2D eigenvalue weighted by Crippen LogP contribution is 2.44. The van der Waals surface area contributed by atoms with Gasteiger partial charge < -0.3 is 10.4 Å². The van der Waals surface area contributed by atoms with Crippen molar-refractivity contribution in [2.75, 3.05) is 13.2 Å². The molecule has 1 heterocycles. The van der Waals surface area contributed by atoms with Crippen LogP contribution >= 0.6 is 0 Å². The van der Waals surface area contributed by atoms with Crippen LogP contribution in [-0.2, 0) is 12.8 Å². The molecule has 1 fully saturated rings. The molecule has 126 valence electrons. The molecule has 1 saturated carbocycles. The Morgan fingerprint density at radius 1 is 1.29 bits per heavy atom. The summed E-state index contributed by atoms with van der Waals surface area (Å²) in [7, 11) is 0. The number of hydrogen-bond donors (Lipinski definition) is 2. The van der Waals surface area contributed by atoms with Gasteiger partial charge in [0.1, 0.15) is 0 Å². The second-order valence-corrected chi connectivity index (χ2v) is 7.22. The van der Waals surface area contributed by atoms with Gasteiger partial charge in [0.15, 0.2) is 5.69 Å². The number of amides is 1. The molecule has 1 aromatic carbocycles. The predicted octanol–water partition coefficient (Wildman–Crippen LogP) is 2.17. The number of aliphatic hydroxyl groups is 1. The molecule has 24 heavy (non-hydrogen) atoms. The van der Waals surface area contributed by atoms with Crippen LogP contribution in [0.3, 0.4) is 0 Å². The zero-order chi connectivity index (χ0) is 16.7. The second-order valence-electron chi connectivity index (χ2n) is 7.22. The maximum atomic E-state index is 12.6. The van der Waals surface area contributed by atoms with E-state index in [1.54, 1.807) is 0 Å². The normalized spacial score (nSPS) is 17.6. The van der Waals surface area contributed by atoms with E-state index in [0.717, 1.165) is 49.0 Å². The first-order valence-corrected chi connectivity index (χ1v) is 8.69. The van der Waals surface area contributed by atoms with Crippen LogP contribution < -0.4 is 5.32 Å². The molecule has 0 bridgehead atoms. The Bertz CT molecular complexity index is 773. The van der Waals surface area contributed by atoms with Gasteiger partial charge in [-0.05, 0) is 51.2 Å². The van der Waals surface area contributed by atoms with Gasteiger partial charge in [-0.1, -0.05) is 17.7 Å². The summed E-state index contributed by atoms with van der Waals surface area (Å²) in [6.07, 6.45) is 4.92. The molecule has 4 rings (SSSR count). The van der Waals surface area contributed by atoms with Crippen molar-refractivity contribution in [3.05, 3.63) is 46.8 Å². The van der Waals surface area contributed by atoms with Crippen molar-refractivity contribution in [1.29, 1.82) is 0 Å². The van der Waals surface area contributed by atoms with E-state index in [2.05, 4.69) is 29.5 Å². The fourth-order valence-corrected chi connectivity index (χ4v) is 3.44. The Morgan fingerprint density at radius 2 is 2.04 bits per heavy atom. The van der Waals surface area contributed by atoms with Crippen LogP contribution in [0.4, 0.5) is 0 Å². The van der Waals surface area contributed by atoms with Gasteiger partial charge in [0.2, 0.25) is 0 Å². The Labute approximate surface area is 141 Å². The van der Waals surface area contributed by atoms with Gasteiger partial charge in [0.05, 0.1) is 12.3 Å². The second kappa shape index (κ2) is 5.74. The minimum atomic E-state index is -0.112. The third-order valence-electron chi connectivity index (χ3n) is 5.34. The summed E-state index contributed by atoms with van der Waals surface area (Å²) < 4.78 is 1.93. The summed E-state index contributed by atoms with van der Waals surface area (Å²) in [4.78, 5) is 12.6. The number of nitrogens with one attached hydrogen (secondary N) is 1. The topological polar surface area (TPSA) is 67.2 Å². The third kappa shape index (κ3) is 2.63. The SMILES string of the molecule is Cc1ccc(-n2nc(C(=O)NCC3(CO)CC3)c3c2CCC3)cc1. The summed E-state index contributed by atoms with van der Waals surface area (Å²) in [6.45, 7) is 2.74. The first kappa shape index (κ1) is 15.4. The van der Waals surface area contributed by atoms with E-state index in [-0.39, 0.29) is 17.9 Å². The van der Waals surface area contributed by atoms with Crippen molar-refractivity contribution in [3.63, 3.8) is 0 Å². The number of carbonyl (C=O) groups excluding carboxylic acids is 1.